The van der Waals surface area contributed by atoms with Gasteiger partial charge in [0.15, 0.2) is 0 Å². The normalized spacial score (nSPS) is 16.9. The van der Waals surface area contributed by atoms with E-state index >= 15 is 0 Å². The molecular weight excluding hydrogens is 256 g/mol. The van der Waals surface area contributed by atoms with Crippen LogP contribution in [0.2, 0.25) is 0 Å². The topological polar surface area (TPSA) is 17.1 Å². The van der Waals surface area contributed by atoms with Crippen molar-refractivity contribution in [1.82, 2.24) is 0 Å². The Balaban J connectivity index is 1.61. The molecule has 0 fully saturated rings. The predicted molar refractivity (Wildman–Crippen MR) is 89.7 cm³/mol. The second kappa shape index (κ2) is 9.02. The van der Waals surface area contributed by atoms with Gasteiger partial charge < -0.3 is 0 Å². The van der Waals surface area contributed by atoms with E-state index in [4.69, 9.17) is 0 Å². The van der Waals surface area contributed by atoms with Crippen molar-refractivity contribution >= 4 is 5.78 Å². The highest BCUT2D eigenvalue weighted by molar-refractivity contribution is 5.86. The summed E-state index contributed by atoms with van der Waals surface area (Å²) in [6.07, 6.45) is 13.3. The van der Waals surface area contributed by atoms with Gasteiger partial charge in [-0.25, -0.2) is 0 Å². The van der Waals surface area contributed by atoms with Crippen LogP contribution < -0.4 is 0 Å². The fourth-order valence-corrected chi connectivity index (χ4v) is 3.50. The lowest BCUT2D eigenvalue weighted by Crippen LogP contribution is -2.09. The zero-order valence-electron chi connectivity index (χ0n) is 13.6. The second-order valence-electron chi connectivity index (χ2n) is 6.48. The number of ketones is 1. The van der Waals surface area contributed by atoms with Gasteiger partial charge in [-0.1, -0.05) is 76.1 Å². The lowest BCUT2D eigenvalue weighted by Gasteiger charge is -2.10. The molecule has 21 heavy (non-hydrogen) atoms. The first-order chi connectivity index (χ1) is 10.3. The Morgan fingerprint density at radius 2 is 1.67 bits per heavy atom. The molecule has 1 aromatic rings. The molecule has 0 spiro atoms. The second-order valence-corrected chi connectivity index (χ2v) is 6.48. The quantitative estimate of drug-likeness (QED) is 0.495. The molecule has 0 radical (unpaired) electrons. The van der Waals surface area contributed by atoms with Crippen LogP contribution in [0.25, 0.3) is 0 Å². The Hall–Kier alpha value is -1.11. The highest BCUT2D eigenvalue weighted by atomic mass is 16.1. The number of hydrogen-bond acceptors (Lipinski definition) is 1. The van der Waals surface area contributed by atoms with Crippen molar-refractivity contribution in [2.24, 2.45) is 0 Å². The first-order valence-corrected chi connectivity index (χ1v) is 8.93. The number of rotatable bonds is 10. The van der Waals surface area contributed by atoms with E-state index < -0.39 is 0 Å². The number of fused-ring (bicyclic) bond motifs is 1. The standard InChI is InChI=1S/C20H30O/c1-2-3-4-5-6-7-8-9-14-20(21)19-16-15-17-12-10-11-13-18(17)19/h10-13,19H,2-9,14-16H2,1H3. The summed E-state index contributed by atoms with van der Waals surface area (Å²) in [5.74, 6) is 0.677. The van der Waals surface area contributed by atoms with Crippen molar-refractivity contribution < 1.29 is 4.79 Å². The molecule has 0 N–H and O–H groups in total. The average Bonchev–Trinajstić information content (AvgIpc) is 2.94. The summed E-state index contributed by atoms with van der Waals surface area (Å²) in [5.41, 5.74) is 2.70. The lowest BCUT2D eigenvalue weighted by molar-refractivity contribution is -0.120. The van der Waals surface area contributed by atoms with Crippen molar-refractivity contribution in [2.45, 2.75) is 83.5 Å². The summed E-state index contributed by atoms with van der Waals surface area (Å²) in [4.78, 5) is 12.4. The molecule has 1 aromatic carbocycles. The SMILES string of the molecule is CCCCCCCCCCC(=O)C1CCc2ccccc21. The smallest absolute Gasteiger partial charge is 0.140 e. The largest absolute Gasteiger partial charge is 0.299 e. The van der Waals surface area contributed by atoms with Gasteiger partial charge in [0.05, 0.1) is 0 Å². The third-order valence-corrected chi connectivity index (χ3v) is 4.80. The molecule has 116 valence electrons. The highest BCUT2D eigenvalue weighted by Crippen LogP contribution is 2.34. The van der Waals surface area contributed by atoms with Crippen LogP contribution in [0.5, 0.6) is 0 Å². The molecule has 1 aliphatic carbocycles. The zero-order chi connectivity index (χ0) is 14.9. The zero-order valence-corrected chi connectivity index (χ0v) is 13.6. The Kier molecular flexibility index (Phi) is 6.99. The molecule has 0 bridgehead atoms. The minimum absolute atomic E-state index is 0.200. The fourth-order valence-electron chi connectivity index (χ4n) is 3.50. The van der Waals surface area contributed by atoms with Crippen molar-refractivity contribution in [3.63, 3.8) is 0 Å². The van der Waals surface area contributed by atoms with Crippen LogP contribution in [-0.2, 0) is 11.2 Å². The van der Waals surface area contributed by atoms with E-state index in [1.165, 1.54) is 56.1 Å². The molecular formula is C20H30O. The summed E-state index contributed by atoms with van der Waals surface area (Å²) in [5, 5.41) is 0. The van der Waals surface area contributed by atoms with E-state index in [2.05, 4.69) is 31.2 Å². The van der Waals surface area contributed by atoms with Gasteiger partial charge in [0.25, 0.3) is 0 Å². The fraction of sp³-hybridized carbons (Fsp3) is 0.650. The summed E-state index contributed by atoms with van der Waals surface area (Å²) < 4.78 is 0. The van der Waals surface area contributed by atoms with Gasteiger partial charge in [-0.3, -0.25) is 4.79 Å². The number of benzene rings is 1. The van der Waals surface area contributed by atoms with Gasteiger partial charge in [0.2, 0.25) is 0 Å². The lowest BCUT2D eigenvalue weighted by atomic mass is 9.93. The maximum atomic E-state index is 12.4. The van der Waals surface area contributed by atoms with Crippen molar-refractivity contribution in [2.75, 3.05) is 0 Å². The van der Waals surface area contributed by atoms with E-state index in [9.17, 15) is 4.79 Å². The Labute approximate surface area is 130 Å². The monoisotopic (exact) mass is 286 g/mol. The van der Waals surface area contributed by atoms with Crippen LogP contribution in [0, 0.1) is 0 Å². The molecule has 0 aromatic heterocycles. The minimum Gasteiger partial charge on any atom is -0.299 e. The van der Waals surface area contributed by atoms with Crippen LogP contribution >= 0.6 is 0 Å². The van der Waals surface area contributed by atoms with Crippen molar-refractivity contribution in [3.05, 3.63) is 35.4 Å². The summed E-state index contributed by atoms with van der Waals surface area (Å²) in [7, 11) is 0. The Bertz CT molecular complexity index is 435. The van der Waals surface area contributed by atoms with Gasteiger partial charge in [0, 0.05) is 12.3 Å². The van der Waals surface area contributed by atoms with Gasteiger partial charge >= 0.3 is 0 Å². The predicted octanol–water partition coefficient (Wildman–Crippen LogP) is 5.82. The van der Waals surface area contributed by atoms with Crippen molar-refractivity contribution in [1.29, 1.82) is 0 Å². The molecule has 0 saturated carbocycles. The third kappa shape index (κ3) is 4.98. The molecule has 0 heterocycles. The molecule has 0 amide bonds. The number of carbonyl (C=O) groups is 1. The van der Waals surface area contributed by atoms with Crippen LogP contribution in [0.15, 0.2) is 24.3 Å². The number of hydrogen-bond donors (Lipinski definition) is 0. The highest BCUT2D eigenvalue weighted by Gasteiger charge is 2.27. The summed E-state index contributed by atoms with van der Waals surface area (Å²) in [6, 6.07) is 8.49. The van der Waals surface area contributed by atoms with Gasteiger partial charge in [0.1, 0.15) is 5.78 Å². The molecule has 1 aliphatic rings. The first kappa shape index (κ1) is 16.3. The Morgan fingerprint density at radius 3 is 2.43 bits per heavy atom. The van der Waals surface area contributed by atoms with Crippen LogP contribution in [0.3, 0.4) is 0 Å². The summed E-state index contributed by atoms with van der Waals surface area (Å²) in [6.45, 7) is 2.26. The minimum atomic E-state index is 0.200. The molecule has 2 rings (SSSR count). The molecule has 1 heteroatoms. The molecule has 0 saturated heterocycles. The van der Waals surface area contributed by atoms with Crippen molar-refractivity contribution in [3.8, 4) is 0 Å². The van der Waals surface area contributed by atoms with Gasteiger partial charge in [-0.15, -0.1) is 0 Å². The maximum absolute atomic E-state index is 12.4. The van der Waals surface area contributed by atoms with E-state index in [0.717, 1.165) is 25.7 Å². The first-order valence-electron chi connectivity index (χ1n) is 8.93. The number of unbranched alkanes of at least 4 members (excludes halogenated alkanes) is 7. The van der Waals surface area contributed by atoms with Crippen LogP contribution in [0.4, 0.5) is 0 Å². The number of Topliss-reactive ketones (excluding diaryl/α,β-unsaturated/α-hetero) is 1. The molecule has 1 nitrogen and oxygen atoms in total. The van der Waals surface area contributed by atoms with E-state index in [1.54, 1.807) is 0 Å². The van der Waals surface area contributed by atoms with Gasteiger partial charge in [-0.2, -0.15) is 0 Å². The average molecular weight is 286 g/mol. The van der Waals surface area contributed by atoms with E-state index in [0.29, 0.717) is 5.78 Å². The molecule has 0 aliphatic heterocycles. The Morgan fingerprint density at radius 1 is 1.00 bits per heavy atom. The third-order valence-electron chi connectivity index (χ3n) is 4.80. The molecule has 1 atom stereocenters. The van der Waals surface area contributed by atoms with Gasteiger partial charge in [-0.05, 0) is 30.4 Å². The van der Waals surface area contributed by atoms with Crippen LogP contribution in [0.1, 0.15) is 88.2 Å². The maximum Gasteiger partial charge on any atom is 0.140 e. The number of carbonyl (C=O) groups excluding carboxylic acids is 1. The summed E-state index contributed by atoms with van der Waals surface area (Å²) >= 11 is 0. The number of aryl methyl sites for hydroxylation is 1. The van der Waals surface area contributed by atoms with Crippen LogP contribution in [-0.4, -0.2) is 5.78 Å². The molecule has 1 unspecified atom stereocenters. The van der Waals surface area contributed by atoms with E-state index in [-0.39, 0.29) is 5.92 Å². The van der Waals surface area contributed by atoms with E-state index in [1.807, 2.05) is 0 Å².